The maximum atomic E-state index is 3.66. The summed E-state index contributed by atoms with van der Waals surface area (Å²) in [5.41, 5.74) is 0. The van der Waals surface area contributed by atoms with Gasteiger partial charge in [0.15, 0.2) is 0 Å². The van der Waals surface area contributed by atoms with Crippen molar-refractivity contribution in [3.8, 4) is 0 Å². The van der Waals surface area contributed by atoms with Gasteiger partial charge in [-0.1, -0.05) is 0 Å². The molecule has 0 radical (unpaired) electrons. The van der Waals surface area contributed by atoms with Crippen LogP contribution in [-0.4, -0.2) is 73.2 Å². The number of nitrogens with zero attached hydrogens (tertiary/aromatic N) is 2. The lowest BCUT2D eigenvalue weighted by molar-refractivity contribution is 0.150. The van der Waals surface area contributed by atoms with Gasteiger partial charge in [0.1, 0.15) is 0 Å². The topological polar surface area (TPSA) is 18.5 Å². The average Bonchev–Trinajstić information content (AvgIpc) is 3.01. The van der Waals surface area contributed by atoms with Crippen LogP contribution in [0.4, 0.5) is 0 Å². The number of likely N-dealkylation sites (tertiary alicyclic amines) is 2. The fourth-order valence-electron chi connectivity index (χ4n) is 3.87. The van der Waals surface area contributed by atoms with Crippen molar-refractivity contribution in [3.63, 3.8) is 0 Å². The van der Waals surface area contributed by atoms with E-state index in [9.17, 15) is 0 Å². The summed E-state index contributed by atoms with van der Waals surface area (Å²) in [5.74, 6) is 3.61. The van der Waals surface area contributed by atoms with Gasteiger partial charge < -0.3 is 15.1 Å². The summed E-state index contributed by atoms with van der Waals surface area (Å²) in [6.45, 7) is 9.34. The van der Waals surface area contributed by atoms with E-state index in [-0.39, 0.29) is 0 Å². The van der Waals surface area contributed by atoms with Crippen molar-refractivity contribution < 1.29 is 0 Å². The molecule has 0 bridgehead atoms. The zero-order valence-corrected chi connectivity index (χ0v) is 13.7. The highest BCUT2D eigenvalue weighted by Gasteiger charge is 2.23. The lowest BCUT2D eigenvalue weighted by atomic mass is 9.96. The molecule has 0 aromatic rings. The van der Waals surface area contributed by atoms with E-state index in [0.717, 1.165) is 12.0 Å². The Morgan fingerprint density at radius 3 is 2.50 bits per heavy atom. The van der Waals surface area contributed by atoms with Crippen LogP contribution in [-0.2, 0) is 0 Å². The standard InChI is InChI=1S/C16H31N3S/c1-2-8-19(7-1)13-15-3-9-18(10-4-15)11-5-16-14-20-12-6-17-16/h15-17H,1-14H2. The summed E-state index contributed by atoms with van der Waals surface area (Å²) in [5, 5.41) is 3.66. The second-order valence-electron chi connectivity index (χ2n) is 6.81. The van der Waals surface area contributed by atoms with E-state index in [1.54, 1.807) is 0 Å². The summed E-state index contributed by atoms with van der Waals surface area (Å²) < 4.78 is 0. The van der Waals surface area contributed by atoms with Crippen LogP contribution in [0.15, 0.2) is 0 Å². The number of nitrogens with one attached hydrogen (secondary N) is 1. The third-order valence-electron chi connectivity index (χ3n) is 5.21. The molecule has 0 saturated carbocycles. The number of piperidine rings is 1. The van der Waals surface area contributed by atoms with Gasteiger partial charge in [0.2, 0.25) is 0 Å². The Morgan fingerprint density at radius 1 is 1.00 bits per heavy atom. The maximum Gasteiger partial charge on any atom is 0.0170 e. The van der Waals surface area contributed by atoms with Crippen molar-refractivity contribution in [1.82, 2.24) is 15.1 Å². The maximum absolute atomic E-state index is 3.66. The molecule has 3 aliphatic heterocycles. The molecular weight excluding hydrogens is 266 g/mol. The predicted octanol–water partition coefficient (Wildman–Crippen LogP) is 1.89. The van der Waals surface area contributed by atoms with Crippen LogP contribution in [0.5, 0.6) is 0 Å². The fraction of sp³-hybridized carbons (Fsp3) is 1.00. The van der Waals surface area contributed by atoms with Gasteiger partial charge in [-0.2, -0.15) is 11.8 Å². The molecular formula is C16H31N3S. The molecule has 3 nitrogen and oxygen atoms in total. The fourth-order valence-corrected chi connectivity index (χ4v) is 4.86. The molecule has 0 spiro atoms. The largest absolute Gasteiger partial charge is 0.312 e. The van der Waals surface area contributed by atoms with Crippen LogP contribution < -0.4 is 5.32 Å². The number of hydrogen-bond acceptors (Lipinski definition) is 4. The number of rotatable bonds is 5. The third kappa shape index (κ3) is 4.62. The molecule has 0 aromatic carbocycles. The number of hydrogen-bond donors (Lipinski definition) is 1. The van der Waals surface area contributed by atoms with Crippen LogP contribution >= 0.6 is 11.8 Å². The Morgan fingerprint density at radius 2 is 1.80 bits per heavy atom. The zero-order valence-electron chi connectivity index (χ0n) is 12.9. The lowest BCUT2D eigenvalue weighted by Crippen LogP contribution is -2.42. The molecule has 0 aromatic heterocycles. The van der Waals surface area contributed by atoms with Gasteiger partial charge in [0.25, 0.3) is 0 Å². The van der Waals surface area contributed by atoms with E-state index >= 15 is 0 Å². The minimum atomic E-state index is 0.774. The van der Waals surface area contributed by atoms with Crippen molar-refractivity contribution >= 4 is 11.8 Å². The summed E-state index contributed by atoms with van der Waals surface area (Å²) in [6, 6.07) is 0.774. The van der Waals surface area contributed by atoms with Gasteiger partial charge in [-0.15, -0.1) is 0 Å². The monoisotopic (exact) mass is 297 g/mol. The molecule has 0 amide bonds. The van der Waals surface area contributed by atoms with E-state index in [1.807, 2.05) is 0 Å². The van der Waals surface area contributed by atoms with Crippen LogP contribution in [0.25, 0.3) is 0 Å². The van der Waals surface area contributed by atoms with Gasteiger partial charge in [-0.3, -0.25) is 0 Å². The molecule has 1 N–H and O–H groups in total. The molecule has 3 heterocycles. The Hall–Kier alpha value is 0.230. The predicted molar refractivity (Wildman–Crippen MR) is 88.6 cm³/mol. The van der Waals surface area contributed by atoms with Crippen LogP contribution in [0.1, 0.15) is 32.1 Å². The highest BCUT2D eigenvalue weighted by atomic mass is 32.2. The molecule has 3 fully saturated rings. The first kappa shape index (κ1) is 15.1. The Bertz CT molecular complexity index is 267. The Balaban J connectivity index is 1.29. The van der Waals surface area contributed by atoms with Gasteiger partial charge in [-0.25, -0.2) is 0 Å². The van der Waals surface area contributed by atoms with Gasteiger partial charge in [0, 0.05) is 30.6 Å². The zero-order chi connectivity index (χ0) is 13.6. The van der Waals surface area contributed by atoms with Crippen LogP contribution in [0.3, 0.4) is 0 Å². The quantitative estimate of drug-likeness (QED) is 0.835. The lowest BCUT2D eigenvalue weighted by Gasteiger charge is -2.35. The first-order valence-electron chi connectivity index (χ1n) is 8.66. The first-order valence-corrected chi connectivity index (χ1v) is 9.81. The van der Waals surface area contributed by atoms with Crippen molar-refractivity contribution in [2.24, 2.45) is 5.92 Å². The van der Waals surface area contributed by atoms with E-state index < -0.39 is 0 Å². The summed E-state index contributed by atoms with van der Waals surface area (Å²) in [4.78, 5) is 5.41. The normalized spacial score (nSPS) is 30.9. The molecule has 3 rings (SSSR count). The Labute approximate surface area is 128 Å². The van der Waals surface area contributed by atoms with E-state index in [2.05, 4.69) is 26.9 Å². The van der Waals surface area contributed by atoms with E-state index in [0.29, 0.717) is 0 Å². The van der Waals surface area contributed by atoms with Gasteiger partial charge in [-0.05, 0) is 70.7 Å². The SMILES string of the molecule is C1CCN(CC2CCN(CCC3CSCCN3)CC2)C1. The average molecular weight is 298 g/mol. The molecule has 4 heteroatoms. The van der Waals surface area contributed by atoms with Crippen LogP contribution in [0, 0.1) is 5.92 Å². The third-order valence-corrected chi connectivity index (χ3v) is 6.35. The molecule has 3 aliphatic rings. The molecule has 3 saturated heterocycles. The molecule has 1 atom stereocenters. The second-order valence-corrected chi connectivity index (χ2v) is 7.96. The van der Waals surface area contributed by atoms with Crippen molar-refractivity contribution in [2.45, 2.75) is 38.1 Å². The summed E-state index contributed by atoms with van der Waals surface area (Å²) in [7, 11) is 0. The minimum Gasteiger partial charge on any atom is -0.312 e. The van der Waals surface area contributed by atoms with Gasteiger partial charge >= 0.3 is 0 Å². The molecule has 1 unspecified atom stereocenters. The van der Waals surface area contributed by atoms with Gasteiger partial charge in [0.05, 0.1) is 0 Å². The van der Waals surface area contributed by atoms with E-state index in [1.165, 1.54) is 89.4 Å². The molecule has 0 aliphatic carbocycles. The molecule has 20 heavy (non-hydrogen) atoms. The second kappa shape index (κ2) is 8.02. The van der Waals surface area contributed by atoms with E-state index in [4.69, 9.17) is 0 Å². The smallest absolute Gasteiger partial charge is 0.0170 e. The first-order chi connectivity index (χ1) is 9.90. The van der Waals surface area contributed by atoms with Crippen molar-refractivity contribution in [3.05, 3.63) is 0 Å². The summed E-state index contributed by atoms with van der Waals surface area (Å²) >= 11 is 2.12. The van der Waals surface area contributed by atoms with Crippen LogP contribution in [0.2, 0.25) is 0 Å². The minimum absolute atomic E-state index is 0.774. The summed E-state index contributed by atoms with van der Waals surface area (Å²) in [6.07, 6.45) is 7.09. The van der Waals surface area contributed by atoms with Crippen molar-refractivity contribution in [2.75, 3.05) is 57.3 Å². The number of thioether (sulfide) groups is 1. The highest BCUT2D eigenvalue weighted by Crippen LogP contribution is 2.21. The van der Waals surface area contributed by atoms with Crippen molar-refractivity contribution in [1.29, 1.82) is 0 Å². The molecule has 116 valence electrons. The Kier molecular flexibility index (Phi) is 6.07. The highest BCUT2D eigenvalue weighted by molar-refractivity contribution is 7.99.